The average Bonchev–Trinajstić information content (AvgIpc) is 2.46. The summed E-state index contributed by atoms with van der Waals surface area (Å²) in [4.78, 5) is 25.1. The zero-order chi connectivity index (χ0) is 15.4. The fraction of sp³-hybridized carbons (Fsp3) is 0.143. The number of rotatable bonds is 5. The SMILES string of the molecule is C/C(=C/COc1ccc([N+](=O)[O-])c2ncccc12)C(=O)O. The maximum atomic E-state index is 11.0. The highest BCUT2D eigenvalue weighted by Crippen LogP contribution is 2.31. The third kappa shape index (κ3) is 3.14. The fourth-order valence-corrected chi connectivity index (χ4v) is 1.75. The third-order valence-electron chi connectivity index (χ3n) is 2.87. The molecule has 0 spiro atoms. The molecule has 0 saturated carbocycles. The van der Waals surface area contributed by atoms with Crippen LogP contribution in [0.25, 0.3) is 10.9 Å². The van der Waals surface area contributed by atoms with Crippen molar-refractivity contribution < 1.29 is 19.6 Å². The number of hydrogen-bond donors (Lipinski definition) is 1. The first-order valence-electron chi connectivity index (χ1n) is 6.05. The molecule has 1 heterocycles. The number of carboxylic acids is 1. The van der Waals surface area contributed by atoms with E-state index in [2.05, 4.69) is 4.98 Å². The van der Waals surface area contributed by atoms with E-state index in [1.54, 1.807) is 12.1 Å². The Morgan fingerprint density at radius 2 is 2.24 bits per heavy atom. The number of non-ortho nitro benzene ring substituents is 1. The quantitative estimate of drug-likeness (QED) is 0.515. The smallest absolute Gasteiger partial charge is 0.331 e. The molecule has 0 aliphatic heterocycles. The lowest BCUT2D eigenvalue weighted by molar-refractivity contribution is -0.383. The first-order valence-corrected chi connectivity index (χ1v) is 6.05. The lowest BCUT2D eigenvalue weighted by atomic mass is 10.1. The van der Waals surface area contributed by atoms with Crippen LogP contribution in [-0.4, -0.2) is 27.6 Å². The maximum Gasteiger partial charge on any atom is 0.331 e. The van der Waals surface area contributed by atoms with E-state index in [0.29, 0.717) is 11.1 Å². The Bertz CT molecular complexity index is 739. The highest BCUT2D eigenvalue weighted by molar-refractivity contribution is 5.92. The minimum absolute atomic E-state index is 0.0555. The second-order valence-corrected chi connectivity index (χ2v) is 4.24. The predicted octanol–water partition coefficient (Wildman–Crippen LogP) is 2.55. The van der Waals surface area contributed by atoms with Crippen molar-refractivity contribution in [1.29, 1.82) is 0 Å². The Hall–Kier alpha value is -2.96. The van der Waals surface area contributed by atoms with Crippen molar-refractivity contribution in [3.63, 3.8) is 0 Å². The van der Waals surface area contributed by atoms with Gasteiger partial charge in [0, 0.05) is 23.2 Å². The largest absolute Gasteiger partial charge is 0.489 e. The normalized spacial score (nSPS) is 11.4. The molecular formula is C14H12N2O5. The number of pyridine rings is 1. The molecule has 0 aliphatic carbocycles. The van der Waals surface area contributed by atoms with Crippen LogP contribution in [0.2, 0.25) is 0 Å². The molecule has 0 amide bonds. The average molecular weight is 288 g/mol. The summed E-state index contributed by atoms with van der Waals surface area (Å²) in [5.74, 6) is -0.605. The van der Waals surface area contributed by atoms with Crippen LogP contribution in [0.1, 0.15) is 6.92 Å². The van der Waals surface area contributed by atoms with E-state index in [4.69, 9.17) is 9.84 Å². The molecule has 21 heavy (non-hydrogen) atoms. The van der Waals surface area contributed by atoms with Crippen molar-refractivity contribution in [2.75, 3.05) is 6.61 Å². The summed E-state index contributed by atoms with van der Waals surface area (Å²) in [6, 6.07) is 6.11. The van der Waals surface area contributed by atoms with Crippen molar-refractivity contribution in [1.82, 2.24) is 4.98 Å². The first-order chi connectivity index (χ1) is 10.0. The standard InChI is InChI=1S/C14H12N2O5/c1-9(14(17)18)6-8-21-12-5-4-11(16(19)20)13-10(12)3-2-7-15-13/h2-7H,8H2,1H3,(H,17,18)/b9-6-. The molecule has 0 aliphatic rings. The molecule has 108 valence electrons. The van der Waals surface area contributed by atoms with E-state index in [9.17, 15) is 14.9 Å². The number of carbonyl (C=O) groups is 1. The van der Waals surface area contributed by atoms with Crippen molar-refractivity contribution in [3.8, 4) is 5.75 Å². The molecule has 7 nitrogen and oxygen atoms in total. The topological polar surface area (TPSA) is 103 Å². The molecule has 0 atom stereocenters. The van der Waals surface area contributed by atoms with Crippen LogP contribution in [0.15, 0.2) is 42.1 Å². The van der Waals surface area contributed by atoms with Gasteiger partial charge in [-0.25, -0.2) is 9.78 Å². The lowest BCUT2D eigenvalue weighted by Gasteiger charge is -2.07. The summed E-state index contributed by atoms with van der Waals surface area (Å²) < 4.78 is 5.47. The van der Waals surface area contributed by atoms with E-state index in [1.807, 2.05) is 0 Å². The third-order valence-corrected chi connectivity index (χ3v) is 2.87. The first kappa shape index (κ1) is 14.4. The Morgan fingerprint density at radius 1 is 1.48 bits per heavy atom. The number of nitrogens with zero attached hydrogens (tertiary/aromatic N) is 2. The Kier molecular flexibility index (Phi) is 4.13. The maximum absolute atomic E-state index is 11.0. The monoisotopic (exact) mass is 288 g/mol. The highest BCUT2D eigenvalue weighted by Gasteiger charge is 2.15. The van der Waals surface area contributed by atoms with Crippen LogP contribution in [0, 0.1) is 10.1 Å². The number of carboxylic acid groups (broad SMARTS) is 1. The zero-order valence-electron chi connectivity index (χ0n) is 11.1. The Labute approximate surface area is 119 Å². The van der Waals surface area contributed by atoms with Crippen LogP contribution in [0.3, 0.4) is 0 Å². The number of benzene rings is 1. The number of nitro groups is 1. The summed E-state index contributed by atoms with van der Waals surface area (Å²) in [5.41, 5.74) is 0.300. The van der Waals surface area contributed by atoms with Gasteiger partial charge in [0.15, 0.2) is 5.52 Å². The highest BCUT2D eigenvalue weighted by atomic mass is 16.6. The Balaban J connectivity index is 2.34. The van der Waals surface area contributed by atoms with E-state index >= 15 is 0 Å². The van der Waals surface area contributed by atoms with E-state index in [0.717, 1.165) is 0 Å². The van der Waals surface area contributed by atoms with Crippen LogP contribution < -0.4 is 4.74 Å². The molecule has 0 fully saturated rings. The van der Waals surface area contributed by atoms with Gasteiger partial charge >= 0.3 is 5.97 Å². The van der Waals surface area contributed by atoms with Crippen molar-refractivity contribution in [3.05, 3.63) is 52.2 Å². The van der Waals surface area contributed by atoms with Gasteiger partial charge in [-0.2, -0.15) is 0 Å². The summed E-state index contributed by atoms with van der Waals surface area (Å²) in [6.45, 7) is 1.52. The second-order valence-electron chi connectivity index (χ2n) is 4.24. The number of nitro benzene ring substituents is 1. The molecule has 1 aromatic heterocycles. The number of aromatic nitrogens is 1. The molecule has 1 N–H and O–H groups in total. The number of aliphatic carboxylic acids is 1. The van der Waals surface area contributed by atoms with Crippen LogP contribution in [0.4, 0.5) is 5.69 Å². The minimum atomic E-state index is -1.02. The summed E-state index contributed by atoms with van der Waals surface area (Å²) >= 11 is 0. The number of fused-ring (bicyclic) bond motifs is 1. The zero-order valence-corrected chi connectivity index (χ0v) is 11.1. The van der Waals surface area contributed by atoms with Gasteiger partial charge in [0.25, 0.3) is 5.69 Å². The van der Waals surface area contributed by atoms with Crippen LogP contribution in [-0.2, 0) is 4.79 Å². The van der Waals surface area contributed by atoms with Crippen molar-refractivity contribution >= 4 is 22.6 Å². The molecule has 0 unspecified atom stereocenters. The van der Waals surface area contributed by atoms with Crippen LogP contribution in [0.5, 0.6) is 5.75 Å². The minimum Gasteiger partial charge on any atom is -0.489 e. The molecule has 2 rings (SSSR count). The molecule has 0 radical (unpaired) electrons. The van der Waals surface area contributed by atoms with Gasteiger partial charge in [0.05, 0.1) is 4.92 Å². The molecule has 7 heteroatoms. The lowest BCUT2D eigenvalue weighted by Crippen LogP contribution is -2.01. The van der Waals surface area contributed by atoms with Gasteiger partial charge in [-0.05, 0) is 31.2 Å². The van der Waals surface area contributed by atoms with E-state index in [-0.39, 0.29) is 23.4 Å². The summed E-state index contributed by atoms with van der Waals surface area (Å²) in [7, 11) is 0. The van der Waals surface area contributed by atoms with Crippen molar-refractivity contribution in [2.24, 2.45) is 0 Å². The van der Waals surface area contributed by atoms with Gasteiger partial charge < -0.3 is 9.84 Å². The summed E-state index contributed by atoms with van der Waals surface area (Å²) in [5, 5.41) is 20.2. The van der Waals surface area contributed by atoms with Gasteiger partial charge in [-0.15, -0.1) is 0 Å². The van der Waals surface area contributed by atoms with Gasteiger partial charge in [0.1, 0.15) is 12.4 Å². The molecule has 0 bridgehead atoms. The van der Waals surface area contributed by atoms with Crippen molar-refractivity contribution in [2.45, 2.75) is 6.92 Å². The Morgan fingerprint density at radius 3 is 2.90 bits per heavy atom. The van der Waals surface area contributed by atoms with Gasteiger partial charge in [-0.3, -0.25) is 10.1 Å². The van der Waals surface area contributed by atoms with E-state index in [1.165, 1.54) is 31.3 Å². The summed E-state index contributed by atoms with van der Waals surface area (Å²) in [6.07, 6.45) is 2.89. The predicted molar refractivity (Wildman–Crippen MR) is 75.3 cm³/mol. The molecular weight excluding hydrogens is 276 g/mol. The van der Waals surface area contributed by atoms with Gasteiger partial charge in [0.2, 0.25) is 0 Å². The number of hydrogen-bond acceptors (Lipinski definition) is 5. The van der Waals surface area contributed by atoms with Gasteiger partial charge in [-0.1, -0.05) is 0 Å². The number of ether oxygens (including phenoxy) is 1. The van der Waals surface area contributed by atoms with E-state index < -0.39 is 10.9 Å². The van der Waals surface area contributed by atoms with Crippen LogP contribution >= 0.6 is 0 Å². The molecule has 1 aromatic carbocycles. The second kappa shape index (κ2) is 6.00. The molecule has 2 aromatic rings. The molecule has 0 saturated heterocycles. The fourth-order valence-electron chi connectivity index (χ4n) is 1.75.